The van der Waals surface area contributed by atoms with E-state index >= 15 is 0 Å². The van der Waals surface area contributed by atoms with Gasteiger partial charge in [0.05, 0.1) is 0 Å². The van der Waals surface area contributed by atoms with Gasteiger partial charge in [-0.25, -0.2) is 0 Å². The van der Waals surface area contributed by atoms with Crippen LogP contribution in [0.3, 0.4) is 0 Å². The smallest absolute Gasteiger partial charge is 0.00389 e. The number of rotatable bonds is 6. The molecule has 2 fully saturated rings. The molecule has 0 aliphatic carbocycles. The van der Waals surface area contributed by atoms with Gasteiger partial charge < -0.3 is 10.2 Å². The molecule has 2 nitrogen and oxygen atoms in total. The van der Waals surface area contributed by atoms with Crippen LogP contribution in [-0.4, -0.2) is 37.6 Å². The Morgan fingerprint density at radius 2 is 1.74 bits per heavy atom. The first-order chi connectivity index (χ1) is 9.28. The average molecular weight is 266 g/mol. The monoisotopic (exact) mass is 266 g/mol. The Labute approximate surface area is 120 Å². The third-order valence-corrected chi connectivity index (χ3v) is 5.41. The Balaban J connectivity index is 1.81. The third kappa shape index (κ3) is 4.46. The Morgan fingerprint density at radius 3 is 2.32 bits per heavy atom. The minimum absolute atomic E-state index is 0.637. The molecule has 0 aromatic heterocycles. The summed E-state index contributed by atoms with van der Waals surface area (Å²) in [5, 5.41) is 3.54. The van der Waals surface area contributed by atoms with E-state index in [1.807, 2.05) is 0 Å². The van der Waals surface area contributed by atoms with Gasteiger partial charge in [-0.05, 0) is 69.6 Å². The van der Waals surface area contributed by atoms with Gasteiger partial charge in [0.1, 0.15) is 0 Å². The number of piperidine rings is 2. The van der Waals surface area contributed by atoms with Crippen molar-refractivity contribution in [1.29, 1.82) is 0 Å². The molecular formula is C17H34N2. The Hall–Kier alpha value is -0.0800. The van der Waals surface area contributed by atoms with Gasteiger partial charge in [-0.2, -0.15) is 0 Å². The van der Waals surface area contributed by atoms with Crippen LogP contribution in [0.2, 0.25) is 0 Å². The summed E-state index contributed by atoms with van der Waals surface area (Å²) in [4.78, 5) is 2.78. The lowest BCUT2D eigenvalue weighted by molar-refractivity contribution is 0.0749. The number of hydrogen-bond donors (Lipinski definition) is 1. The molecule has 2 rings (SSSR count). The van der Waals surface area contributed by atoms with E-state index in [-0.39, 0.29) is 0 Å². The van der Waals surface area contributed by atoms with Crippen LogP contribution in [0.15, 0.2) is 0 Å². The number of hydrogen-bond acceptors (Lipinski definition) is 2. The molecule has 0 radical (unpaired) electrons. The largest absolute Gasteiger partial charge is 0.317 e. The molecule has 2 saturated heterocycles. The highest BCUT2D eigenvalue weighted by molar-refractivity contribution is 4.88. The first-order valence-electron chi connectivity index (χ1n) is 8.71. The first kappa shape index (κ1) is 15.3. The summed E-state index contributed by atoms with van der Waals surface area (Å²) < 4.78 is 0. The molecule has 19 heavy (non-hydrogen) atoms. The molecule has 0 saturated carbocycles. The number of likely N-dealkylation sites (tertiary alicyclic amines) is 1. The zero-order valence-corrected chi connectivity index (χ0v) is 13.2. The molecule has 0 unspecified atom stereocenters. The zero-order valence-electron chi connectivity index (χ0n) is 13.2. The minimum Gasteiger partial charge on any atom is -0.317 e. The van der Waals surface area contributed by atoms with E-state index in [9.17, 15) is 0 Å². The standard InChI is InChI=1S/C17H34N2/c1-3-5-16-6-13-19(14-7-16)15-17(8-4-2)9-11-18-12-10-17/h16,18H,3-15H2,1-2H3. The van der Waals surface area contributed by atoms with Crippen molar-refractivity contribution in [2.24, 2.45) is 11.3 Å². The second-order valence-electron chi connectivity index (χ2n) is 7.01. The third-order valence-electron chi connectivity index (χ3n) is 5.41. The molecule has 0 aromatic carbocycles. The highest BCUT2D eigenvalue weighted by Gasteiger charge is 2.33. The van der Waals surface area contributed by atoms with Crippen molar-refractivity contribution in [2.45, 2.75) is 65.2 Å². The zero-order chi connectivity index (χ0) is 13.6. The lowest BCUT2D eigenvalue weighted by atomic mass is 9.74. The van der Waals surface area contributed by atoms with Crippen molar-refractivity contribution < 1.29 is 0 Å². The van der Waals surface area contributed by atoms with Gasteiger partial charge in [0, 0.05) is 6.54 Å². The summed E-state index contributed by atoms with van der Waals surface area (Å²) in [7, 11) is 0. The molecule has 0 spiro atoms. The lowest BCUT2D eigenvalue weighted by Crippen LogP contribution is -2.47. The molecule has 1 N–H and O–H groups in total. The minimum atomic E-state index is 0.637. The summed E-state index contributed by atoms with van der Waals surface area (Å²) in [5.74, 6) is 1.02. The van der Waals surface area contributed by atoms with Crippen LogP contribution in [0.5, 0.6) is 0 Å². The lowest BCUT2D eigenvalue weighted by Gasteiger charge is -2.43. The SMILES string of the molecule is CCCC1CCN(CC2(CCC)CCNCC2)CC1. The second-order valence-corrected chi connectivity index (χ2v) is 7.01. The van der Waals surface area contributed by atoms with Gasteiger partial charge in [-0.3, -0.25) is 0 Å². The van der Waals surface area contributed by atoms with Crippen LogP contribution < -0.4 is 5.32 Å². The van der Waals surface area contributed by atoms with Gasteiger partial charge in [0.15, 0.2) is 0 Å². The Morgan fingerprint density at radius 1 is 1.05 bits per heavy atom. The Bertz CT molecular complexity index is 232. The van der Waals surface area contributed by atoms with E-state index in [1.165, 1.54) is 84.1 Å². The maximum absolute atomic E-state index is 3.54. The summed E-state index contributed by atoms with van der Waals surface area (Å²) in [6, 6.07) is 0. The normalized spacial score (nSPS) is 25.6. The van der Waals surface area contributed by atoms with Crippen LogP contribution in [-0.2, 0) is 0 Å². The van der Waals surface area contributed by atoms with Gasteiger partial charge in [0.25, 0.3) is 0 Å². The molecule has 0 atom stereocenters. The molecule has 0 amide bonds. The fraction of sp³-hybridized carbons (Fsp3) is 1.00. The molecule has 0 bridgehead atoms. The fourth-order valence-corrected chi connectivity index (χ4v) is 4.29. The topological polar surface area (TPSA) is 15.3 Å². The van der Waals surface area contributed by atoms with Crippen molar-refractivity contribution in [3.8, 4) is 0 Å². The van der Waals surface area contributed by atoms with E-state index < -0.39 is 0 Å². The molecule has 2 aliphatic rings. The van der Waals surface area contributed by atoms with Crippen molar-refractivity contribution in [3.63, 3.8) is 0 Å². The summed E-state index contributed by atoms with van der Waals surface area (Å²) in [6.45, 7) is 11.3. The number of nitrogens with zero attached hydrogens (tertiary/aromatic N) is 1. The van der Waals surface area contributed by atoms with Gasteiger partial charge in [-0.1, -0.05) is 33.1 Å². The van der Waals surface area contributed by atoms with Gasteiger partial charge >= 0.3 is 0 Å². The van der Waals surface area contributed by atoms with E-state index in [4.69, 9.17) is 0 Å². The van der Waals surface area contributed by atoms with Crippen molar-refractivity contribution >= 4 is 0 Å². The van der Waals surface area contributed by atoms with Crippen LogP contribution >= 0.6 is 0 Å². The van der Waals surface area contributed by atoms with Crippen LogP contribution in [0, 0.1) is 11.3 Å². The molecule has 2 heterocycles. The summed E-state index contributed by atoms with van der Waals surface area (Å²) in [6.07, 6.45) is 11.3. The van der Waals surface area contributed by atoms with Crippen molar-refractivity contribution in [3.05, 3.63) is 0 Å². The predicted molar refractivity (Wildman–Crippen MR) is 83.5 cm³/mol. The van der Waals surface area contributed by atoms with Crippen LogP contribution in [0.4, 0.5) is 0 Å². The molecule has 0 aromatic rings. The quantitative estimate of drug-likeness (QED) is 0.789. The first-order valence-corrected chi connectivity index (χ1v) is 8.71. The maximum atomic E-state index is 3.54. The highest BCUT2D eigenvalue weighted by atomic mass is 15.1. The second kappa shape index (κ2) is 7.64. The van der Waals surface area contributed by atoms with Crippen molar-refractivity contribution in [2.75, 3.05) is 32.7 Å². The van der Waals surface area contributed by atoms with E-state index in [0.717, 1.165) is 5.92 Å². The average Bonchev–Trinajstić information content (AvgIpc) is 2.43. The molecule has 2 heteroatoms. The molecular weight excluding hydrogens is 232 g/mol. The highest BCUT2D eigenvalue weighted by Crippen LogP contribution is 2.36. The molecule has 2 aliphatic heterocycles. The van der Waals surface area contributed by atoms with Crippen LogP contribution in [0.1, 0.15) is 65.2 Å². The fourth-order valence-electron chi connectivity index (χ4n) is 4.29. The summed E-state index contributed by atoms with van der Waals surface area (Å²) >= 11 is 0. The van der Waals surface area contributed by atoms with E-state index in [0.29, 0.717) is 5.41 Å². The maximum Gasteiger partial charge on any atom is 0.00389 e. The van der Waals surface area contributed by atoms with Gasteiger partial charge in [-0.15, -0.1) is 0 Å². The van der Waals surface area contributed by atoms with E-state index in [1.54, 1.807) is 0 Å². The van der Waals surface area contributed by atoms with Crippen molar-refractivity contribution in [1.82, 2.24) is 10.2 Å². The summed E-state index contributed by atoms with van der Waals surface area (Å²) in [5.41, 5.74) is 0.637. The van der Waals surface area contributed by atoms with Crippen LogP contribution in [0.25, 0.3) is 0 Å². The van der Waals surface area contributed by atoms with Gasteiger partial charge in [0.2, 0.25) is 0 Å². The molecule has 112 valence electrons. The Kier molecular flexibility index (Phi) is 6.15. The predicted octanol–water partition coefficient (Wildman–Crippen LogP) is 3.67. The number of nitrogens with one attached hydrogen (secondary N) is 1. The van der Waals surface area contributed by atoms with E-state index in [2.05, 4.69) is 24.1 Å².